The summed E-state index contributed by atoms with van der Waals surface area (Å²) < 4.78 is 0.904. The van der Waals surface area contributed by atoms with Gasteiger partial charge in [-0.3, -0.25) is 5.43 Å². The molecule has 1 aliphatic rings. The van der Waals surface area contributed by atoms with E-state index in [1.807, 2.05) is 0 Å². The monoisotopic (exact) mass is 285 g/mol. The van der Waals surface area contributed by atoms with Crippen LogP contribution in [-0.2, 0) is 0 Å². The van der Waals surface area contributed by atoms with E-state index < -0.39 is 0 Å². The highest BCUT2D eigenvalue weighted by atomic mass is 79.9. The molecule has 1 aromatic rings. The number of anilines is 2. The Morgan fingerprint density at radius 3 is 2.88 bits per heavy atom. The Hall–Kier alpha value is -0.880. The Kier molecular flexibility index (Phi) is 3.03. The molecule has 2 rings (SSSR count). The molecule has 1 saturated heterocycles. The Bertz CT molecular complexity index is 393. The smallest absolute Gasteiger partial charge is 0.239 e. The second-order valence-electron chi connectivity index (χ2n) is 4.58. The number of hydrazine groups is 1. The van der Waals surface area contributed by atoms with E-state index in [0.29, 0.717) is 5.95 Å². The Labute approximate surface area is 104 Å². The van der Waals surface area contributed by atoms with Crippen LogP contribution in [-0.4, -0.2) is 22.1 Å². The topological polar surface area (TPSA) is 67.1 Å². The molecule has 2 heterocycles. The van der Waals surface area contributed by atoms with Gasteiger partial charge in [0, 0.05) is 18.3 Å². The van der Waals surface area contributed by atoms with E-state index in [1.165, 1.54) is 12.8 Å². The Morgan fingerprint density at radius 2 is 2.31 bits per heavy atom. The fraction of sp³-hybridized carbons (Fsp3) is 0.600. The molecule has 6 heteroatoms. The molecule has 0 aliphatic carbocycles. The normalized spacial score (nSPS) is 18.9. The largest absolute Gasteiger partial charge is 0.350 e. The maximum atomic E-state index is 5.33. The first-order valence-corrected chi connectivity index (χ1v) is 6.11. The number of hydrogen-bond donors (Lipinski definition) is 2. The van der Waals surface area contributed by atoms with Crippen molar-refractivity contribution in [3.05, 3.63) is 10.7 Å². The van der Waals surface area contributed by atoms with E-state index in [4.69, 9.17) is 5.84 Å². The van der Waals surface area contributed by atoms with E-state index in [-0.39, 0.29) is 5.54 Å². The van der Waals surface area contributed by atoms with Gasteiger partial charge in [0.1, 0.15) is 5.82 Å². The van der Waals surface area contributed by atoms with Gasteiger partial charge in [-0.05, 0) is 42.6 Å². The quantitative estimate of drug-likeness (QED) is 0.642. The maximum absolute atomic E-state index is 5.33. The lowest BCUT2D eigenvalue weighted by atomic mass is 10.0. The van der Waals surface area contributed by atoms with Crippen LogP contribution in [0, 0.1) is 0 Å². The molecule has 0 atom stereocenters. The lowest BCUT2D eigenvalue weighted by Gasteiger charge is -2.33. The second kappa shape index (κ2) is 4.18. The van der Waals surface area contributed by atoms with Crippen LogP contribution in [0.5, 0.6) is 0 Å². The van der Waals surface area contributed by atoms with Crippen molar-refractivity contribution in [2.75, 3.05) is 16.9 Å². The number of nitrogens with one attached hydrogen (secondary N) is 1. The number of hydrogen-bond acceptors (Lipinski definition) is 5. The predicted octanol–water partition coefficient (Wildman–Crippen LogP) is 1.90. The van der Waals surface area contributed by atoms with Crippen molar-refractivity contribution >= 4 is 27.7 Å². The van der Waals surface area contributed by atoms with Crippen molar-refractivity contribution in [2.24, 2.45) is 5.84 Å². The highest BCUT2D eigenvalue weighted by molar-refractivity contribution is 9.10. The summed E-state index contributed by atoms with van der Waals surface area (Å²) in [5, 5.41) is 0. The molecule has 1 fully saturated rings. The molecule has 5 nitrogen and oxygen atoms in total. The van der Waals surface area contributed by atoms with E-state index >= 15 is 0 Å². The van der Waals surface area contributed by atoms with Crippen LogP contribution in [0.1, 0.15) is 26.7 Å². The van der Waals surface area contributed by atoms with Crippen molar-refractivity contribution in [2.45, 2.75) is 32.2 Å². The van der Waals surface area contributed by atoms with Gasteiger partial charge in [-0.2, -0.15) is 4.98 Å². The summed E-state index contributed by atoms with van der Waals surface area (Å²) in [6.45, 7) is 5.47. The summed E-state index contributed by atoms with van der Waals surface area (Å²) in [5.41, 5.74) is 2.62. The number of halogens is 1. The summed E-state index contributed by atoms with van der Waals surface area (Å²) in [6.07, 6.45) is 4.09. The Morgan fingerprint density at radius 1 is 1.56 bits per heavy atom. The third-order valence-corrected chi connectivity index (χ3v) is 3.57. The molecule has 16 heavy (non-hydrogen) atoms. The van der Waals surface area contributed by atoms with E-state index in [9.17, 15) is 0 Å². The van der Waals surface area contributed by atoms with E-state index in [0.717, 1.165) is 16.8 Å². The van der Waals surface area contributed by atoms with Crippen LogP contribution in [0.25, 0.3) is 0 Å². The first-order valence-electron chi connectivity index (χ1n) is 5.31. The molecular formula is C10H16BrN5. The zero-order chi connectivity index (χ0) is 11.8. The number of nitrogens with two attached hydrogens (primary N) is 1. The van der Waals surface area contributed by atoms with E-state index in [2.05, 4.69) is 50.1 Å². The number of aromatic nitrogens is 2. The van der Waals surface area contributed by atoms with Gasteiger partial charge >= 0.3 is 0 Å². The van der Waals surface area contributed by atoms with Gasteiger partial charge in [-0.1, -0.05) is 0 Å². The van der Waals surface area contributed by atoms with Crippen LogP contribution in [0.3, 0.4) is 0 Å². The van der Waals surface area contributed by atoms with Crippen LogP contribution >= 0.6 is 15.9 Å². The van der Waals surface area contributed by atoms with Gasteiger partial charge < -0.3 is 4.90 Å². The maximum Gasteiger partial charge on any atom is 0.239 e. The van der Waals surface area contributed by atoms with Crippen molar-refractivity contribution in [1.29, 1.82) is 0 Å². The standard InChI is InChI=1S/C10H16BrN5/c1-10(2)4-3-5-16(10)8-7(11)6-13-9(14-8)15-12/h6H,3-5,12H2,1-2H3,(H,13,14,15). The molecule has 0 spiro atoms. The minimum atomic E-state index is 0.142. The highest BCUT2D eigenvalue weighted by Gasteiger charge is 2.34. The molecule has 0 bridgehead atoms. The molecule has 88 valence electrons. The minimum Gasteiger partial charge on any atom is -0.350 e. The molecule has 1 aromatic heterocycles. The van der Waals surface area contributed by atoms with Gasteiger partial charge in [0.05, 0.1) is 4.47 Å². The van der Waals surface area contributed by atoms with Gasteiger partial charge in [-0.25, -0.2) is 10.8 Å². The number of nitrogens with zero attached hydrogens (tertiary/aromatic N) is 3. The fourth-order valence-corrected chi connectivity index (χ4v) is 2.52. The zero-order valence-electron chi connectivity index (χ0n) is 9.50. The molecule has 0 unspecified atom stereocenters. The van der Waals surface area contributed by atoms with Crippen molar-refractivity contribution < 1.29 is 0 Å². The fourth-order valence-electron chi connectivity index (χ4n) is 2.12. The Balaban J connectivity index is 2.39. The van der Waals surface area contributed by atoms with Crippen LogP contribution in [0.15, 0.2) is 10.7 Å². The lowest BCUT2D eigenvalue weighted by Crippen LogP contribution is -2.39. The molecule has 0 radical (unpaired) electrons. The van der Waals surface area contributed by atoms with Crippen LogP contribution in [0.4, 0.5) is 11.8 Å². The van der Waals surface area contributed by atoms with Crippen molar-refractivity contribution in [3.8, 4) is 0 Å². The van der Waals surface area contributed by atoms with Gasteiger partial charge in [-0.15, -0.1) is 0 Å². The molecule has 0 amide bonds. The summed E-state index contributed by atoms with van der Waals surface area (Å²) in [6, 6.07) is 0. The third-order valence-electron chi connectivity index (χ3n) is 3.01. The summed E-state index contributed by atoms with van der Waals surface area (Å²) >= 11 is 3.49. The third kappa shape index (κ3) is 1.99. The first kappa shape index (κ1) is 11.6. The molecule has 0 aromatic carbocycles. The van der Waals surface area contributed by atoms with E-state index in [1.54, 1.807) is 6.20 Å². The van der Waals surface area contributed by atoms with Gasteiger partial charge in [0.2, 0.25) is 5.95 Å². The summed E-state index contributed by atoms with van der Waals surface area (Å²) in [7, 11) is 0. The SMILES string of the molecule is CC1(C)CCCN1c1nc(NN)ncc1Br. The van der Waals surface area contributed by atoms with Gasteiger partial charge in [0.15, 0.2) is 0 Å². The lowest BCUT2D eigenvalue weighted by molar-refractivity contribution is 0.513. The predicted molar refractivity (Wildman–Crippen MR) is 68.2 cm³/mol. The molecular weight excluding hydrogens is 270 g/mol. The molecule has 0 saturated carbocycles. The zero-order valence-corrected chi connectivity index (χ0v) is 11.1. The summed E-state index contributed by atoms with van der Waals surface area (Å²) in [4.78, 5) is 10.7. The van der Waals surface area contributed by atoms with Crippen molar-refractivity contribution in [3.63, 3.8) is 0 Å². The minimum absolute atomic E-state index is 0.142. The van der Waals surface area contributed by atoms with Gasteiger partial charge in [0.25, 0.3) is 0 Å². The van der Waals surface area contributed by atoms with Crippen LogP contribution in [0.2, 0.25) is 0 Å². The van der Waals surface area contributed by atoms with Crippen LogP contribution < -0.4 is 16.2 Å². The average Bonchev–Trinajstić information content (AvgIpc) is 2.59. The first-order chi connectivity index (χ1) is 7.54. The summed E-state index contributed by atoms with van der Waals surface area (Å²) in [5.74, 6) is 6.68. The van der Waals surface area contributed by atoms with Crippen molar-refractivity contribution in [1.82, 2.24) is 9.97 Å². The highest BCUT2D eigenvalue weighted by Crippen LogP contribution is 2.36. The second-order valence-corrected chi connectivity index (χ2v) is 5.43. The average molecular weight is 286 g/mol. The number of nitrogen functional groups attached to an aromatic ring is 1. The number of rotatable bonds is 2. The molecule has 3 N–H and O–H groups in total. The molecule has 1 aliphatic heterocycles.